The van der Waals surface area contributed by atoms with E-state index in [4.69, 9.17) is 0 Å². The molecule has 3 aromatic rings. The van der Waals surface area contributed by atoms with Crippen molar-refractivity contribution < 1.29 is 0 Å². The maximum Gasteiger partial charge on any atom is 0.0668 e. The van der Waals surface area contributed by atoms with Crippen LogP contribution in [0.3, 0.4) is 0 Å². The maximum absolute atomic E-state index is 2.51. The van der Waals surface area contributed by atoms with Crippen molar-refractivity contribution in [2.24, 2.45) is 0 Å². The lowest BCUT2D eigenvalue weighted by Crippen LogP contribution is -2.32. The second-order valence-electron chi connectivity index (χ2n) is 10.3. The molecule has 0 aliphatic heterocycles. The highest BCUT2D eigenvalue weighted by atomic mass is 14.4. The Balaban J connectivity index is 2.15. The summed E-state index contributed by atoms with van der Waals surface area (Å²) in [5.74, 6) is 0. The molecule has 0 saturated heterocycles. The number of hydrogen-bond donors (Lipinski definition) is 0. The highest BCUT2D eigenvalue weighted by molar-refractivity contribution is 5.63. The summed E-state index contributed by atoms with van der Waals surface area (Å²) in [5.41, 5.74) is 14.7. The third kappa shape index (κ3) is 4.49. The molecular formula is C33H38. The molecule has 1 aliphatic rings. The molecule has 0 heterocycles. The zero-order valence-electron chi connectivity index (χ0n) is 21.5. The van der Waals surface area contributed by atoms with Crippen LogP contribution in [0.5, 0.6) is 0 Å². The van der Waals surface area contributed by atoms with E-state index in [1.165, 1.54) is 67.6 Å². The summed E-state index contributed by atoms with van der Waals surface area (Å²) in [4.78, 5) is 0. The van der Waals surface area contributed by atoms with Gasteiger partial charge in [0.15, 0.2) is 0 Å². The zero-order valence-corrected chi connectivity index (χ0v) is 21.5. The highest BCUT2D eigenvalue weighted by Crippen LogP contribution is 2.50. The molecule has 0 unspecified atom stereocenters. The Hall–Kier alpha value is -2.86. The van der Waals surface area contributed by atoms with Crippen molar-refractivity contribution in [2.75, 3.05) is 0 Å². The van der Waals surface area contributed by atoms with Crippen LogP contribution in [0.15, 0.2) is 77.9 Å². The van der Waals surface area contributed by atoms with Gasteiger partial charge in [0.25, 0.3) is 0 Å². The molecule has 0 spiro atoms. The van der Waals surface area contributed by atoms with Gasteiger partial charge in [0, 0.05) is 0 Å². The first-order valence-electron chi connectivity index (χ1n) is 12.4. The molecule has 0 saturated carbocycles. The first-order chi connectivity index (χ1) is 15.7. The van der Waals surface area contributed by atoms with Gasteiger partial charge < -0.3 is 0 Å². The van der Waals surface area contributed by atoms with Crippen molar-refractivity contribution in [3.8, 4) is 0 Å². The Bertz CT molecular complexity index is 1060. The second kappa shape index (κ2) is 9.18. The fraction of sp³-hybridized carbons (Fsp3) is 0.333. The van der Waals surface area contributed by atoms with Crippen molar-refractivity contribution in [1.82, 2.24) is 0 Å². The van der Waals surface area contributed by atoms with Crippen molar-refractivity contribution in [2.45, 2.75) is 73.1 Å². The molecule has 0 N–H and O–H groups in total. The fourth-order valence-corrected chi connectivity index (χ4v) is 5.94. The van der Waals surface area contributed by atoms with Crippen molar-refractivity contribution >= 4 is 0 Å². The summed E-state index contributed by atoms with van der Waals surface area (Å²) in [7, 11) is 0. The third-order valence-corrected chi connectivity index (χ3v) is 6.93. The van der Waals surface area contributed by atoms with E-state index >= 15 is 0 Å². The first kappa shape index (κ1) is 23.3. The van der Waals surface area contributed by atoms with Crippen LogP contribution in [0.25, 0.3) is 0 Å². The van der Waals surface area contributed by atoms with Crippen LogP contribution in [0.2, 0.25) is 0 Å². The predicted molar refractivity (Wildman–Crippen MR) is 143 cm³/mol. The van der Waals surface area contributed by atoms with E-state index in [1.807, 2.05) is 0 Å². The lowest BCUT2D eigenvalue weighted by atomic mass is 9.63. The molecule has 0 radical (unpaired) electrons. The van der Waals surface area contributed by atoms with Crippen molar-refractivity contribution in [3.05, 3.63) is 128 Å². The average Bonchev–Trinajstić information content (AvgIpc) is 3.15. The smallest absolute Gasteiger partial charge is 0.0668 e. The summed E-state index contributed by atoms with van der Waals surface area (Å²) in [6.45, 7) is 15.7. The topological polar surface area (TPSA) is 0 Å². The van der Waals surface area contributed by atoms with E-state index in [9.17, 15) is 0 Å². The van der Waals surface area contributed by atoms with Gasteiger partial charge >= 0.3 is 0 Å². The van der Waals surface area contributed by atoms with Gasteiger partial charge in [0.05, 0.1) is 5.41 Å². The SMILES string of the molecule is CCCC1=CCC(C(c2cc(C)cc(C)c2)(c2cc(C)cc(C)c2)c2cc(C)cc(C)c2)=C1. The Morgan fingerprint density at radius 2 is 0.939 bits per heavy atom. The molecule has 1 aliphatic carbocycles. The molecule has 0 heteroatoms. The molecule has 0 bridgehead atoms. The first-order valence-corrected chi connectivity index (χ1v) is 12.4. The van der Waals surface area contributed by atoms with E-state index in [0.29, 0.717) is 0 Å². The van der Waals surface area contributed by atoms with Crippen LogP contribution >= 0.6 is 0 Å². The van der Waals surface area contributed by atoms with Gasteiger partial charge in [0.2, 0.25) is 0 Å². The molecule has 0 amide bonds. The van der Waals surface area contributed by atoms with Crippen LogP contribution in [0.1, 0.15) is 76.3 Å². The predicted octanol–water partition coefficient (Wildman–Crippen LogP) is 8.93. The molecule has 33 heavy (non-hydrogen) atoms. The largest absolute Gasteiger partial charge is 0.0772 e. The lowest BCUT2D eigenvalue weighted by molar-refractivity contribution is 0.706. The van der Waals surface area contributed by atoms with E-state index in [2.05, 4.69) is 115 Å². The summed E-state index contributed by atoms with van der Waals surface area (Å²) in [6, 6.07) is 21.4. The summed E-state index contributed by atoms with van der Waals surface area (Å²) >= 11 is 0. The van der Waals surface area contributed by atoms with E-state index in [0.717, 1.165) is 12.8 Å². The van der Waals surface area contributed by atoms with Crippen LogP contribution < -0.4 is 0 Å². The summed E-state index contributed by atoms with van der Waals surface area (Å²) < 4.78 is 0. The quantitative estimate of drug-likeness (QED) is 0.340. The minimum atomic E-state index is -0.309. The van der Waals surface area contributed by atoms with Crippen LogP contribution in [0.4, 0.5) is 0 Å². The van der Waals surface area contributed by atoms with Crippen LogP contribution in [0, 0.1) is 41.5 Å². The van der Waals surface area contributed by atoms with E-state index in [1.54, 1.807) is 0 Å². The normalized spacial score (nSPS) is 13.8. The average molecular weight is 435 g/mol. The minimum absolute atomic E-state index is 0.309. The standard InChI is InChI=1S/C33H38/c1-8-9-28-10-11-29(21-28)33(30-15-22(2)12-23(3)16-30,31-17-24(4)13-25(5)18-31)32-19-26(6)14-27(7)20-32/h10,12-21H,8-9,11H2,1-7H3. The monoisotopic (exact) mass is 434 g/mol. The zero-order chi connectivity index (χ0) is 23.8. The lowest BCUT2D eigenvalue weighted by Gasteiger charge is -2.39. The number of rotatable bonds is 6. The number of benzene rings is 3. The Morgan fingerprint density at radius 3 is 1.27 bits per heavy atom. The van der Waals surface area contributed by atoms with Crippen LogP contribution in [-0.4, -0.2) is 0 Å². The molecule has 3 aromatic carbocycles. The molecule has 170 valence electrons. The number of aryl methyl sites for hydroxylation is 6. The summed E-state index contributed by atoms with van der Waals surface area (Å²) in [6.07, 6.45) is 8.30. The van der Waals surface area contributed by atoms with E-state index in [-0.39, 0.29) is 5.41 Å². The minimum Gasteiger partial charge on any atom is -0.0772 e. The molecular weight excluding hydrogens is 396 g/mol. The maximum atomic E-state index is 2.51. The molecule has 0 nitrogen and oxygen atoms in total. The molecule has 4 rings (SSSR count). The third-order valence-electron chi connectivity index (χ3n) is 6.93. The summed E-state index contributed by atoms with van der Waals surface area (Å²) in [5, 5.41) is 0. The molecule has 0 fully saturated rings. The second-order valence-corrected chi connectivity index (χ2v) is 10.3. The van der Waals surface area contributed by atoms with Gasteiger partial charge in [-0.25, -0.2) is 0 Å². The Labute approximate surface area is 201 Å². The van der Waals surface area contributed by atoms with Crippen molar-refractivity contribution in [1.29, 1.82) is 0 Å². The van der Waals surface area contributed by atoms with Gasteiger partial charge in [-0.15, -0.1) is 0 Å². The molecule has 0 atom stereocenters. The van der Waals surface area contributed by atoms with Gasteiger partial charge in [-0.05, 0) is 76.6 Å². The molecule has 0 aromatic heterocycles. The van der Waals surface area contributed by atoms with E-state index < -0.39 is 0 Å². The van der Waals surface area contributed by atoms with Crippen LogP contribution in [-0.2, 0) is 5.41 Å². The van der Waals surface area contributed by atoms with Gasteiger partial charge in [-0.1, -0.05) is 119 Å². The van der Waals surface area contributed by atoms with Gasteiger partial charge in [-0.2, -0.15) is 0 Å². The fourth-order valence-electron chi connectivity index (χ4n) is 5.94. The Kier molecular flexibility index (Phi) is 6.48. The Morgan fingerprint density at radius 1 is 0.576 bits per heavy atom. The number of allylic oxidation sites excluding steroid dienone is 4. The number of hydrogen-bond acceptors (Lipinski definition) is 0. The van der Waals surface area contributed by atoms with Gasteiger partial charge in [-0.3, -0.25) is 0 Å². The van der Waals surface area contributed by atoms with Gasteiger partial charge in [0.1, 0.15) is 0 Å². The van der Waals surface area contributed by atoms with Crippen molar-refractivity contribution in [3.63, 3.8) is 0 Å². The highest BCUT2D eigenvalue weighted by Gasteiger charge is 2.41.